The van der Waals surface area contributed by atoms with E-state index in [9.17, 15) is 38.4 Å². The molecular formula is C61H76O20Si4. The summed E-state index contributed by atoms with van der Waals surface area (Å²) >= 11 is 0. The van der Waals surface area contributed by atoms with Crippen molar-refractivity contribution in [3.63, 3.8) is 0 Å². The van der Waals surface area contributed by atoms with Gasteiger partial charge in [-0.25, -0.2) is 58.3 Å². The number of hydrogen-bond donors (Lipinski definition) is 0. The molecule has 0 fully saturated rings. The SMILES string of the molecule is CCC(=C[SiH2]c1ccc(C(=O)OOC(=O)OCC(COC(=O)OOC(=O)c2ccc([SiH2]C=C(CC)CC)cc2)(COC(=O)OOC(=O)c2ccc([SiH2]C=C(CC)CC)cc2)COC(=O)OOC(=O)c2ccc([SiH2]C=C(CC)CC)cc2)cc1)CC. The molecule has 0 aliphatic heterocycles. The van der Waals surface area contributed by atoms with Crippen LogP contribution in [0.4, 0.5) is 19.2 Å². The van der Waals surface area contributed by atoms with Crippen LogP contribution in [0.25, 0.3) is 0 Å². The zero-order valence-corrected chi connectivity index (χ0v) is 55.2. The molecule has 0 unspecified atom stereocenters. The number of ether oxygens (including phenoxy) is 4. The lowest BCUT2D eigenvalue weighted by Gasteiger charge is -2.30. The van der Waals surface area contributed by atoms with Crippen molar-refractivity contribution >= 4 is 107 Å². The maximum atomic E-state index is 13.1. The first-order chi connectivity index (χ1) is 41.0. The van der Waals surface area contributed by atoms with E-state index in [4.69, 9.17) is 38.5 Å². The van der Waals surface area contributed by atoms with Crippen LogP contribution in [0.1, 0.15) is 148 Å². The zero-order chi connectivity index (χ0) is 62.0. The van der Waals surface area contributed by atoms with Crippen molar-refractivity contribution in [2.75, 3.05) is 26.4 Å². The zero-order valence-electron chi connectivity index (χ0n) is 49.5. The second kappa shape index (κ2) is 37.8. The summed E-state index contributed by atoms with van der Waals surface area (Å²) in [5, 5.41) is 4.16. The highest BCUT2D eigenvalue weighted by Gasteiger charge is 2.40. The summed E-state index contributed by atoms with van der Waals surface area (Å²) in [5.41, 5.74) is 12.1. The monoisotopic (exact) mass is 1240 g/mol. The summed E-state index contributed by atoms with van der Waals surface area (Å²) in [6.07, 6.45) is 0.776. The molecule has 0 N–H and O–H groups in total. The first-order valence-electron chi connectivity index (χ1n) is 28.3. The Bertz CT molecular complexity index is 2550. The number of carbonyl (C=O) groups excluding carboxylic acids is 8. The molecule has 20 nitrogen and oxygen atoms in total. The summed E-state index contributed by atoms with van der Waals surface area (Å²) in [6, 6.07) is 26.0. The van der Waals surface area contributed by atoms with E-state index in [1.165, 1.54) is 70.8 Å². The van der Waals surface area contributed by atoms with E-state index in [0.29, 0.717) is 0 Å². The minimum Gasteiger partial charge on any atom is -0.431 e. The topological polar surface area (TPSA) is 247 Å². The minimum atomic E-state index is -2.25. The highest BCUT2D eigenvalue weighted by Crippen LogP contribution is 2.23. The fourth-order valence-corrected chi connectivity index (χ4v) is 14.4. The van der Waals surface area contributed by atoms with Gasteiger partial charge in [-0.15, -0.1) is 0 Å². The van der Waals surface area contributed by atoms with Gasteiger partial charge in [0, 0.05) is 0 Å². The lowest BCUT2D eigenvalue weighted by molar-refractivity contribution is -0.223. The summed E-state index contributed by atoms with van der Waals surface area (Å²) in [5.74, 6) is -4.32. The molecule has 4 rings (SSSR count). The van der Waals surface area contributed by atoms with Crippen molar-refractivity contribution < 1.29 is 96.4 Å². The Kier molecular flexibility index (Phi) is 30.7. The van der Waals surface area contributed by atoms with Crippen LogP contribution in [0.3, 0.4) is 0 Å². The molecule has 456 valence electrons. The highest BCUT2D eigenvalue weighted by atomic mass is 28.2. The lowest BCUT2D eigenvalue weighted by atomic mass is 9.92. The molecule has 85 heavy (non-hydrogen) atoms. The molecule has 0 saturated heterocycles. The van der Waals surface area contributed by atoms with E-state index >= 15 is 0 Å². The maximum Gasteiger partial charge on any atom is 0.549 e. The Morgan fingerprint density at radius 1 is 0.294 bits per heavy atom. The van der Waals surface area contributed by atoms with Gasteiger partial charge in [0.15, 0.2) is 0 Å². The summed E-state index contributed by atoms with van der Waals surface area (Å²) in [7, 11) is -3.09. The molecule has 0 aliphatic carbocycles. The van der Waals surface area contributed by atoms with Gasteiger partial charge < -0.3 is 18.9 Å². The molecule has 0 bridgehead atoms. The Morgan fingerprint density at radius 3 is 0.635 bits per heavy atom. The van der Waals surface area contributed by atoms with E-state index in [0.717, 1.165) is 72.1 Å². The van der Waals surface area contributed by atoms with Crippen LogP contribution >= 0.6 is 0 Å². The first kappa shape index (κ1) is 69.2. The van der Waals surface area contributed by atoms with Crippen LogP contribution in [0.2, 0.25) is 0 Å². The number of rotatable bonds is 28. The average Bonchev–Trinajstić information content (AvgIpc) is 3.62. The molecule has 0 amide bonds. The molecule has 0 saturated carbocycles. The molecule has 0 atom stereocenters. The predicted molar refractivity (Wildman–Crippen MR) is 327 cm³/mol. The fourth-order valence-electron chi connectivity index (χ4n) is 7.99. The average molecular weight is 1240 g/mol. The summed E-state index contributed by atoms with van der Waals surface area (Å²) in [6.45, 7) is 12.3. The van der Waals surface area contributed by atoms with E-state index in [1.54, 1.807) is 48.5 Å². The third-order valence-corrected chi connectivity index (χ3v) is 20.5. The highest BCUT2D eigenvalue weighted by molar-refractivity contribution is 6.60. The summed E-state index contributed by atoms with van der Waals surface area (Å²) < 4.78 is 20.9. The third-order valence-electron chi connectivity index (χ3n) is 13.6. The normalized spacial score (nSPS) is 11.7. The smallest absolute Gasteiger partial charge is 0.431 e. The number of carbonyl (C=O) groups is 8. The molecular weight excluding hydrogens is 1160 g/mol. The van der Waals surface area contributed by atoms with Crippen molar-refractivity contribution in [1.29, 1.82) is 0 Å². The van der Waals surface area contributed by atoms with Crippen molar-refractivity contribution in [3.05, 3.63) is 164 Å². The molecule has 0 heterocycles. The van der Waals surface area contributed by atoms with Crippen LogP contribution in [-0.2, 0) is 58.0 Å². The largest absolute Gasteiger partial charge is 0.549 e. The van der Waals surface area contributed by atoms with Gasteiger partial charge in [-0.3, -0.25) is 0 Å². The van der Waals surface area contributed by atoms with Gasteiger partial charge in [-0.05, 0) is 99.9 Å². The Morgan fingerprint density at radius 2 is 0.471 bits per heavy atom. The molecule has 24 heteroatoms. The molecule has 0 spiro atoms. The van der Waals surface area contributed by atoms with Gasteiger partial charge >= 0.3 is 48.5 Å². The van der Waals surface area contributed by atoms with Gasteiger partial charge in [-0.2, -0.15) is 19.2 Å². The van der Waals surface area contributed by atoms with Crippen LogP contribution < -0.4 is 20.7 Å². The van der Waals surface area contributed by atoms with E-state index in [2.05, 4.69) is 97.7 Å². The molecule has 4 aromatic carbocycles. The molecule has 0 radical (unpaired) electrons. The van der Waals surface area contributed by atoms with Gasteiger partial charge in [0.25, 0.3) is 0 Å². The quantitative estimate of drug-likeness (QED) is 0.0174. The number of benzene rings is 4. The van der Waals surface area contributed by atoms with E-state index in [-0.39, 0.29) is 22.3 Å². The van der Waals surface area contributed by atoms with Gasteiger partial charge in [-0.1, -0.05) is 170 Å². The third kappa shape index (κ3) is 25.2. The maximum absolute atomic E-state index is 13.1. The Labute approximate surface area is 504 Å². The predicted octanol–water partition coefficient (Wildman–Crippen LogP) is 7.67. The summed E-state index contributed by atoms with van der Waals surface area (Å²) in [4.78, 5) is 142. The van der Waals surface area contributed by atoms with Crippen LogP contribution in [-0.4, -0.2) is 113 Å². The van der Waals surface area contributed by atoms with E-state index < -0.39 is 118 Å². The van der Waals surface area contributed by atoms with Crippen molar-refractivity contribution in [3.8, 4) is 0 Å². The van der Waals surface area contributed by atoms with Crippen LogP contribution in [0, 0.1) is 5.41 Å². The van der Waals surface area contributed by atoms with Crippen molar-refractivity contribution in [1.82, 2.24) is 0 Å². The van der Waals surface area contributed by atoms with Crippen molar-refractivity contribution in [2.24, 2.45) is 5.41 Å². The number of hydrogen-bond acceptors (Lipinski definition) is 20. The molecule has 0 aliphatic rings. The van der Waals surface area contributed by atoms with Crippen molar-refractivity contribution in [2.45, 2.75) is 107 Å². The minimum absolute atomic E-state index is 0.0278. The fraction of sp³-hybridized carbons (Fsp3) is 0.344. The molecule has 0 aromatic heterocycles. The van der Waals surface area contributed by atoms with E-state index in [1.807, 2.05) is 0 Å². The Hall–Kier alpha value is -8.33. The Balaban J connectivity index is 1.54. The van der Waals surface area contributed by atoms with Crippen LogP contribution in [0.5, 0.6) is 0 Å². The number of allylic oxidation sites excluding steroid dienone is 4. The van der Waals surface area contributed by atoms with Gasteiger partial charge in [0.05, 0.1) is 60.3 Å². The van der Waals surface area contributed by atoms with Gasteiger partial charge in [0.2, 0.25) is 0 Å². The second-order valence-corrected chi connectivity index (χ2v) is 25.9. The van der Waals surface area contributed by atoms with Crippen LogP contribution in [0.15, 0.2) is 142 Å². The second-order valence-electron chi connectivity index (χ2n) is 19.4. The molecule has 4 aromatic rings. The first-order valence-corrected chi connectivity index (χ1v) is 34.4. The standard InChI is InChI=1S/C61H76O20Si4/c1-9-41(10-2)33-82-49-25-17-45(18-26-49)53(62)74-78-57(66)70-37-61(38-71-58(67)79-75-54(63)46-19-27-50(28-20-46)83-34-42(11-3)12-4,39-72-59(68)80-76-55(64)47-21-29-51(30-22-47)84-35-43(13-5)14-6)40-73-60(69)81-77-56(65)48-23-31-52(32-24-48)85-36-44(15-7)16-8/h17-36H,9-16,37-40,82-85H2,1-8H3. The lowest BCUT2D eigenvalue weighted by Crippen LogP contribution is -2.44. The van der Waals surface area contributed by atoms with Gasteiger partial charge in [0.1, 0.15) is 31.8 Å².